The number of carbonyl (C=O) groups excluding carboxylic acids is 2. The lowest BCUT2D eigenvalue weighted by atomic mass is 10.1. The van der Waals surface area contributed by atoms with Crippen molar-refractivity contribution in [2.75, 3.05) is 19.1 Å². The highest BCUT2D eigenvalue weighted by molar-refractivity contribution is 9.10. The lowest BCUT2D eigenvalue weighted by Gasteiger charge is -2.32. The highest BCUT2D eigenvalue weighted by Crippen LogP contribution is 2.47. The first-order valence-electron chi connectivity index (χ1n) is 6.42. The molecule has 0 aliphatic heterocycles. The summed E-state index contributed by atoms with van der Waals surface area (Å²) in [6.07, 6.45) is -6.73. The average Bonchev–Trinajstić information content (AvgIpc) is 2.54. The van der Waals surface area contributed by atoms with Gasteiger partial charge in [-0.1, -0.05) is 15.9 Å². The maximum atomic E-state index is 13.8. The number of halogens is 8. The second kappa shape index (κ2) is 7.39. The standard InChI is InChI=1S/C13H10BrF7N2O3/c1-22(26-2)10(25)23(8-5-3-7(14)4-6-8)9(24)11(15,16)12(17,18)13(19,20)21/h3-6H,1-2H3. The third-order valence-electron chi connectivity index (χ3n) is 3.04. The molecule has 1 rings (SSSR count). The smallest absolute Gasteiger partial charge is 0.273 e. The molecule has 0 aromatic heterocycles. The van der Waals surface area contributed by atoms with E-state index >= 15 is 0 Å². The molecule has 0 N–H and O–H groups in total. The number of anilines is 1. The summed E-state index contributed by atoms with van der Waals surface area (Å²) in [5.74, 6) is -16.0. The zero-order valence-corrected chi connectivity index (χ0v) is 14.5. The Bertz CT molecular complexity index is 679. The first kappa shape index (κ1) is 22.2. The number of nitrogens with zero attached hydrogens (tertiary/aromatic N) is 2. The Kier molecular flexibility index (Phi) is 6.29. The summed E-state index contributed by atoms with van der Waals surface area (Å²) in [6.45, 7) is 0. The predicted octanol–water partition coefficient (Wildman–Crippen LogP) is 4.23. The van der Waals surface area contributed by atoms with E-state index in [1.54, 1.807) is 0 Å². The van der Waals surface area contributed by atoms with E-state index in [1.807, 2.05) is 0 Å². The quantitative estimate of drug-likeness (QED) is 0.505. The molecule has 3 amide bonds. The normalized spacial score (nSPS) is 12.7. The largest absolute Gasteiger partial charge is 0.460 e. The Morgan fingerprint density at radius 2 is 1.46 bits per heavy atom. The minimum atomic E-state index is -6.73. The van der Waals surface area contributed by atoms with Gasteiger partial charge in [0, 0.05) is 11.5 Å². The highest BCUT2D eigenvalue weighted by atomic mass is 79.9. The van der Waals surface area contributed by atoms with Crippen molar-refractivity contribution >= 4 is 33.6 Å². The van der Waals surface area contributed by atoms with E-state index in [4.69, 9.17) is 0 Å². The van der Waals surface area contributed by atoms with E-state index in [-0.39, 0.29) is 5.06 Å². The minimum Gasteiger partial charge on any atom is -0.273 e. The summed E-state index contributed by atoms with van der Waals surface area (Å²) < 4.78 is 91.1. The molecular formula is C13H10BrF7N2O3. The van der Waals surface area contributed by atoms with Gasteiger partial charge >= 0.3 is 30.0 Å². The van der Waals surface area contributed by atoms with E-state index in [0.29, 0.717) is 4.47 Å². The van der Waals surface area contributed by atoms with Crippen LogP contribution in [0.5, 0.6) is 0 Å². The number of carbonyl (C=O) groups is 2. The first-order valence-corrected chi connectivity index (χ1v) is 7.22. The Balaban J connectivity index is 3.49. The molecular weight excluding hydrogens is 445 g/mol. The molecule has 26 heavy (non-hydrogen) atoms. The van der Waals surface area contributed by atoms with E-state index in [0.717, 1.165) is 38.4 Å². The maximum absolute atomic E-state index is 13.8. The monoisotopic (exact) mass is 454 g/mol. The van der Waals surface area contributed by atoms with E-state index in [1.165, 1.54) is 0 Å². The van der Waals surface area contributed by atoms with Gasteiger partial charge in [0.15, 0.2) is 0 Å². The second-order valence-electron chi connectivity index (χ2n) is 4.73. The summed E-state index contributed by atoms with van der Waals surface area (Å²) >= 11 is 2.97. The van der Waals surface area contributed by atoms with Crippen molar-refractivity contribution < 1.29 is 45.2 Å². The third kappa shape index (κ3) is 3.92. The van der Waals surface area contributed by atoms with Crippen molar-refractivity contribution in [1.82, 2.24) is 5.06 Å². The molecule has 1 aromatic rings. The minimum absolute atomic E-state index is 0.196. The van der Waals surface area contributed by atoms with Crippen LogP contribution in [0.1, 0.15) is 0 Å². The number of benzene rings is 1. The van der Waals surface area contributed by atoms with Crippen LogP contribution in [-0.4, -0.2) is 49.2 Å². The Hall–Kier alpha value is -1.89. The molecule has 0 unspecified atom stereocenters. The lowest BCUT2D eigenvalue weighted by Crippen LogP contribution is -2.62. The average molecular weight is 455 g/mol. The van der Waals surface area contributed by atoms with Crippen LogP contribution < -0.4 is 4.90 Å². The van der Waals surface area contributed by atoms with Gasteiger partial charge < -0.3 is 0 Å². The molecule has 0 radical (unpaired) electrons. The highest BCUT2D eigenvalue weighted by Gasteiger charge is 2.77. The molecule has 0 aliphatic rings. The van der Waals surface area contributed by atoms with Crippen molar-refractivity contribution in [2.45, 2.75) is 18.0 Å². The molecule has 0 fully saturated rings. The topological polar surface area (TPSA) is 49.9 Å². The predicted molar refractivity (Wildman–Crippen MR) is 77.7 cm³/mol. The zero-order chi connectivity index (χ0) is 20.5. The molecule has 0 aliphatic carbocycles. The van der Waals surface area contributed by atoms with E-state index in [2.05, 4.69) is 20.8 Å². The van der Waals surface area contributed by atoms with Crippen LogP contribution in [-0.2, 0) is 9.63 Å². The lowest BCUT2D eigenvalue weighted by molar-refractivity contribution is -0.343. The molecule has 1 aromatic carbocycles. The van der Waals surface area contributed by atoms with Gasteiger partial charge in [-0.2, -0.15) is 30.7 Å². The second-order valence-corrected chi connectivity index (χ2v) is 5.64. The van der Waals surface area contributed by atoms with E-state index in [9.17, 15) is 40.3 Å². The molecule has 146 valence electrons. The van der Waals surface area contributed by atoms with Crippen LogP contribution in [0.15, 0.2) is 28.7 Å². The van der Waals surface area contributed by atoms with Crippen LogP contribution in [0.3, 0.4) is 0 Å². The third-order valence-corrected chi connectivity index (χ3v) is 3.57. The van der Waals surface area contributed by atoms with Gasteiger partial charge in [0.2, 0.25) is 0 Å². The molecule has 0 spiro atoms. The summed E-state index contributed by atoms with van der Waals surface area (Å²) in [6, 6.07) is 2.35. The van der Waals surface area contributed by atoms with Gasteiger partial charge in [0.1, 0.15) is 0 Å². The van der Waals surface area contributed by atoms with Crippen molar-refractivity contribution in [1.29, 1.82) is 0 Å². The fraction of sp³-hybridized carbons (Fsp3) is 0.385. The summed E-state index contributed by atoms with van der Waals surface area (Å²) in [5.41, 5.74) is -0.676. The van der Waals surface area contributed by atoms with Gasteiger partial charge in [0.25, 0.3) is 0 Å². The number of rotatable bonds is 4. The molecule has 0 bridgehead atoms. The number of hydrogen-bond acceptors (Lipinski definition) is 3. The van der Waals surface area contributed by atoms with E-state index < -0.39 is 40.5 Å². The fourth-order valence-electron chi connectivity index (χ4n) is 1.58. The molecule has 0 atom stereocenters. The molecule has 13 heteroatoms. The van der Waals surface area contributed by atoms with Gasteiger partial charge in [-0.25, -0.2) is 14.8 Å². The van der Waals surface area contributed by atoms with Gasteiger partial charge in [-0.3, -0.25) is 9.63 Å². The Morgan fingerprint density at radius 3 is 1.85 bits per heavy atom. The molecule has 0 heterocycles. The SMILES string of the molecule is CON(C)C(=O)N(C(=O)C(F)(F)C(F)(F)C(F)(F)F)c1ccc(Br)cc1. The summed E-state index contributed by atoms with van der Waals surface area (Å²) in [5, 5.41) is 0.196. The molecule has 0 saturated carbocycles. The van der Waals surface area contributed by atoms with Crippen LogP contribution >= 0.6 is 15.9 Å². The van der Waals surface area contributed by atoms with Crippen molar-refractivity contribution in [3.05, 3.63) is 28.7 Å². The maximum Gasteiger partial charge on any atom is 0.460 e. The van der Waals surface area contributed by atoms with Crippen LogP contribution in [0.25, 0.3) is 0 Å². The van der Waals surface area contributed by atoms with Crippen molar-refractivity contribution in [2.24, 2.45) is 0 Å². The van der Waals surface area contributed by atoms with Crippen LogP contribution in [0.2, 0.25) is 0 Å². The Morgan fingerprint density at radius 1 is 1.00 bits per heavy atom. The molecule has 5 nitrogen and oxygen atoms in total. The number of urea groups is 1. The Labute approximate surface area is 150 Å². The fourth-order valence-corrected chi connectivity index (χ4v) is 1.84. The van der Waals surface area contributed by atoms with Gasteiger partial charge in [0.05, 0.1) is 12.8 Å². The van der Waals surface area contributed by atoms with Gasteiger partial charge in [-0.15, -0.1) is 0 Å². The van der Waals surface area contributed by atoms with Crippen molar-refractivity contribution in [3.8, 4) is 0 Å². The number of hydroxylamine groups is 2. The van der Waals surface area contributed by atoms with Crippen molar-refractivity contribution in [3.63, 3.8) is 0 Å². The summed E-state index contributed by atoms with van der Waals surface area (Å²) in [7, 11) is 1.71. The van der Waals surface area contributed by atoms with Crippen LogP contribution in [0, 0.1) is 0 Å². The molecule has 0 saturated heterocycles. The number of amides is 3. The van der Waals surface area contributed by atoms with Gasteiger partial charge in [-0.05, 0) is 24.3 Å². The first-order chi connectivity index (χ1) is 11.7. The van der Waals surface area contributed by atoms with Crippen LogP contribution in [0.4, 0.5) is 41.2 Å². The zero-order valence-electron chi connectivity index (χ0n) is 13.0. The number of alkyl halides is 7. The summed E-state index contributed by atoms with van der Waals surface area (Å²) in [4.78, 5) is 27.8. The number of imide groups is 1. The number of hydrogen-bond donors (Lipinski definition) is 0.